The highest BCUT2D eigenvalue weighted by atomic mass is 16.4. The fourth-order valence-electron chi connectivity index (χ4n) is 2.41. The second-order valence-corrected chi connectivity index (χ2v) is 5.47. The summed E-state index contributed by atoms with van der Waals surface area (Å²) < 4.78 is 6.76. The van der Waals surface area contributed by atoms with Crippen molar-refractivity contribution >= 4 is 6.03 Å². The van der Waals surface area contributed by atoms with Crippen LogP contribution in [0.4, 0.5) is 4.79 Å². The van der Waals surface area contributed by atoms with Crippen molar-refractivity contribution in [3.8, 4) is 0 Å². The van der Waals surface area contributed by atoms with Gasteiger partial charge in [0.05, 0.1) is 25.4 Å². The maximum absolute atomic E-state index is 12.2. The number of aliphatic hydroxyl groups is 1. The molecule has 0 aliphatic rings. The molecule has 2 heterocycles. The van der Waals surface area contributed by atoms with Crippen molar-refractivity contribution in [1.29, 1.82) is 0 Å². The van der Waals surface area contributed by atoms with Crippen LogP contribution < -0.4 is 10.6 Å². The summed E-state index contributed by atoms with van der Waals surface area (Å²) in [5.41, 5.74) is 0.944. The number of nitrogens with zero attached hydrogens (tertiary/aromatic N) is 3. The molecule has 2 amide bonds. The molecule has 0 spiro atoms. The third-order valence-electron chi connectivity index (χ3n) is 3.67. The summed E-state index contributed by atoms with van der Waals surface area (Å²) in [6, 6.07) is 12.2. The summed E-state index contributed by atoms with van der Waals surface area (Å²) in [5, 5.41) is 19.6. The van der Waals surface area contributed by atoms with E-state index in [1.165, 1.54) is 12.6 Å². The van der Waals surface area contributed by atoms with Crippen LogP contribution in [0.3, 0.4) is 0 Å². The number of nitrogens with one attached hydrogen (secondary N) is 2. The molecule has 3 N–H and O–H groups in total. The number of urea groups is 1. The molecule has 0 saturated carbocycles. The molecule has 0 radical (unpaired) electrons. The van der Waals surface area contributed by atoms with E-state index in [1.807, 2.05) is 30.3 Å². The van der Waals surface area contributed by atoms with Crippen LogP contribution in [0.5, 0.6) is 0 Å². The van der Waals surface area contributed by atoms with Crippen molar-refractivity contribution in [2.75, 3.05) is 6.54 Å². The van der Waals surface area contributed by atoms with Crippen LogP contribution in [0.2, 0.25) is 0 Å². The molecular formula is C17H19N5O3. The first kappa shape index (κ1) is 16.7. The van der Waals surface area contributed by atoms with Gasteiger partial charge in [-0.2, -0.15) is 5.10 Å². The van der Waals surface area contributed by atoms with Gasteiger partial charge in [-0.25, -0.2) is 9.78 Å². The van der Waals surface area contributed by atoms with E-state index in [0.29, 0.717) is 12.3 Å². The standard InChI is InChI=1S/C17H19N5O3/c23-15(16-7-4-8-25-16)9-19-17(24)21-14(10-22-12-18-11-20-22)13-5-2-1-3-6-13/h1-8,11-12,14-15,23H,9-10H2,(H2,19,21,24). The number of hydrogen-bond acceptors (Lipinski definition) is 5. The molecule has 3 aromatic rings. The Hall–Kier alpha value is -3.13. The molecule has 130 valence electrons. The summed E-state index contributed by atoms with van der Waals surface area (Å²) in [4.78, 5) is 16.1. The minimum atomic E-state index is -0.897. The van der Waals surface area contributed by atoms with Gasteiger partial charge < -0.3 is 20.2 Å². The number of carbonyl (C=O) groups is 1. The van der Waals surface area contributed by atoms with Crippen LogP contribution in [0, 0.1) is 0 Å². The lowest BCUT2D eigenvalue weighted by Gasteiger charge is -2.20. The van der Waals surface area contributed by atoms with E-state index in [9.17, 15) is 9.90 Å². The van der Waals surface area contributed by atoms with E-state index < -0.39 is 6.10 Å². The average Bonchev–Trinajstić information content (AvgIpc) is 3.34. The number of rotatable bonds is 7. The molecule has 0 aliphatic carbocycles. The summed E-state index contributed by atoms with van der Waals surface area (Å²) in [6.07, 6.45) is 3.62. The van der Waals surface area contributed by atoms with Gasteiger partial charge in [-0.05, 0) is 17.7 Å². The smallest absolute Gasteiger partial charge is 0.315 e. The third-order valence-corrected chi connectivity index (χ3v) is 3.67. The van der Waals surface area contributed by atoms with Crippen LogP contribution in [-0.4, -0.2) is 32.4 Å². The number of aromatic nitrogens is 3. The molecule has 2 aromatic heterocycles. The van der Waals surface area contributed by atoms with Gasteiger partial charge in [-0.3, -0.25) is 4.68 Å². The van der Waals surface area contributed by atoms with Crippen molar-refractivity contribution < 1.29 is 14.3 Å². The Bertz CT molecular complexity index is 759. The van der Waals surface area contributed by atoms with Crippen LogP contribution in [0.1, 0.15) is 23.5 Å². The molecule has 0 bridgehead atoms. The van der Waals surface area contributed by atoms with Gasteiger partial charge in [0.1, 0.15) is 24.5 Å². The lowest BCUT2D eigenvalue weighted by molar-refractivity contribution is 0.147. The Morgan fingerprint density at radius 2 is 2.08 bits per heavy atom. The van der Waals surface area contributed by atoms with Gasteiger partial charge in [0.2, 0.25) is 0 Å². The summed E-state index contributed by atoms with van der Waals surface area (Å²) in [6.45, 7) is 0.488. The largest absolute Gasteiger partial charge is 0.467 e. The third kappa shape index (κ3) is 4.67. The first-order valence-corrected chi connectivity index (χ1v) is 7.85. The molecule has 2 unspecified atom stereocenters. The number of benzene rings is 1. The fourth-order valence-corrected chi connectivity index (χ4v) is 2.41. The lowest BCUT2D eigenvalue weighted by Crippen LogP contribution is -2.41. The Balaban J connectivity index is 1.60. The number of hydrogen-bond donors (Lipinski definition) is 3. The Morgan fingerprint density at radius 1 is 1.24 bits per heavy atom. The molecule has 0 fully saturated rings. The zero-order valence-electron chi connectivity index (χ0n) is 13.4. The van der Waals surface area contributed by atoms with Gasteiger partial charge in [0, 0.05) is 0 Å². The molecule has 8 heteroatoms. The number of furan rings is 1. The summed E-state index contributed by atoms with van der Waals surface area (Å²) in [7, 11) is 0. The normalized spacial score (nSPS) is 13.2. The van der Waals surface area contributed by atoms with Gasteiger partial charge in [0.15, 0.2) is 0 Å². The summed E-state index contributed by atoms with van der Waals surface area (Å²) >= 11 is 0. The minimum absolute atomic E-state index is 0.0458. The van der Waals surface area contributed by atoms with E-state index in [1.54, 1.807) is 23.1 Å². The molecule has 2 atom stereocenters. The maximum atomic E-state index is 12.2. The van der Waals surface area contributed by atoms with Crippen LogP contribution in [0.15, 0.2) is 65.8 Å². The zero-order chi connectivity index (χ0) is 17.5. The Kier molecular flexibility index (Phi) is 5.43. The number of carbonyl (C=O) groups excluding carboxylic acids is 1. The van der Waals surface area contributed by atoms with Crippen molar-refractivity contribution in [2.45, 2.75) is 18.7 Å². The predicted octanol–water partition coefficient (Wildman–Crippen LogP) is 1.65. The lowest BCUT2D eigenvalue weighted by atomic mass is 10.1. The molecule has 1 aromatic carbocycles. The minimum Gasteiger partial charge on any atom is -0.467 e. The second-order valence-electron chi connectivity index (χ2n) is 5.47. The molecular weight excluding hydrogens is 322 g/mol. The monoisotopic (exact) mass is 341 g/mol. The van der Waals surface area contributed by atoms with Crippen LogP contribution in [-0.2, 0) is 6.54 Å². The van der Waals surface area contributed by atoms with Crippen molar-refractivity contribution in [3.05, 3.63) is 72.7 Å². The van der Waals surface area contributed by atoms with Gasteiger partial charge >= 0.3 is 6.03 Å². The fraction of sp³-hybridized carbons (Fsp3) is 0.235. The molecule has 0 aliphatic heterocycles. The van der Waals surface area contributed by atoms with Gasteiger partial charge in [0.25, 0.3) is 0 Å². The van der Waals surface area contributed by atoms with Crippen molar-refractivity contribution in [2.24, 2.45) is 0 Å². The quantitative estimate of drug-likeness (QED) is 0.606. The number of amides is 2. The second kappa shape index (κ2) is 8.11. The van der Waals surface area contributed by atoms with E-state index in [4.69, 9.17) is 4.42 Å². The van der Waals surface area contributed by atoms with Crippen LogP contribution >= 0.6 is 0 Å². The highest BCUT2D eigenvalue weighted by Gasteiger charge is 2.17. The van der Waals surface area contributed by atoms with E-state index in [-0.39, 0.29) is 18.6 Å². The van der Waals surface area contributed by atoms with Gasteiger partial charge in [-0.15, -0.1) is 0 Å². The molecule has 8 nitrogen and oxygen atoms in total. The highest BCUT2D eigenvalue weighted by Crippen LogP contribution is 2.15. The topological polar surface area (TPSA) is 105 Å². The average molecular weight is 341 g/mol. The maximum Gasteiger partial charge on any atom is 0.315 e. The van der Waals surface area contributed by atoms with Crippen LogP contribution in [0.25, 0.3) is 0 Å². The Labute approximate surface area is 144 Å². The first-order chi connectivity index (χ1) is 12.2. The van der Waals surface area contributed by atoms with E-state index >= 15 is 0 Å². The first-order valence-electron chi connectivity index (χ1n) is 7.85. The van der Waals surface area contributed by atoms with Crippen molar-refractivity contribution in [3.63, 3.8) is 0 Å². The molecule has 0 saturated heterocycles. The van der Waals surface area contributed by atoms with Crippen molar-refractivity contribution in [1.82, 2.24) is 25.4 Å². The zero-order valence-corrected chi connectivity index (χ0v) is 13.4. The van der Waals surface area contributed by atoms with Gasteiger partial charge in [-0.1, -0.05) is 30.3 Å². The number of aliphatic hydroxyl groups excluding tert-OH is 1. The van der Waals surface area contributed by atoms with E-state index in [0.717, 1.165) is 5.56 Å². The Morgan fingerprint density at radius 3 is 2.76 bits per heavy atom. The molecule has 25 heavy (non-hydrogen) atoms. The molecule has 3 rings (SSSR count). The highest BCUT2D eigenvalue weighted by molar-refractivity contribution is 5.74. The van der Waals surface area contributed by atoms with E-state index in [2.05, 4.69) is 20.7 Å². The predicted molar refractivity (Wildman–Crippen MR) is 89.4 cm³/mol. The summed E-state index contributed by atoms with van der Waals surface area (Å²) in [5.74, 6) is 0.405. The SMILES string of the molecule is O=C(NCC(O)c1ccco1)NC(Cn1cncn1)c1ccccc1.